The van der Waals surface area contributed by atoms with E-state index in [1.165, 1.54) is 64.7 Å². The molecular weight excluding hydrogens is 713 g/mol. The van der Waals surface area contributed by atoms with Gasteiger partial charge in [-0.05, 0) is 110 Å². The van der Waals surface area contributed by atoms with Gasteiger partial charge in [0.25, 0.3) is 0 Å². The molecule has 6 aromatic carbocycles. The minimum Gasteiger partial charge on any atom is -0.383 e. The van der Waals surface area contributed by atoms with Gasteiger partial charge >= 0.3 is 0 Å². The first-order valence-electron chi connectivity index (χ1n) is 20.0. The Bertz CT molecular complexity index is 2870. The first-order chi connectivity index (χ1) is 28.0. The zero-order valence-corrected chi connectivity index (χ0v) is 33.5. The molecule has 8 aromatic rings. The van der Waals surface area contributed by atoms with Crippen LogP contribution in [0.25, 0.3) is 47.9 Å². The van der Waals surface area contributed by atoms with Crippen LogP contribution in [0.15, 0.2) is 179 Å². The van der Waals surface area contributed by atoms with E-state index in [1.807, 2.05) is 49.5 Å². The number of hydrogen-bond acceptors (Lipinski definition) is 2. The van der Waals surface area contributed by atoms with Gasteiger partial charge in [0.1, 0.15) is 5.84 Å². The Morgan fingerprint density at radius 1 is 0.807 bits per heavy atom. The molecule has 57 heavy (non-hydrogen) atoms. The predicted octanol–water partition coefficient (Wildman–Crippen LogP) is 13.3. The highest BCUT2D eigenvalue weighted by atomic mass is 32.1. The van der Waals surface area contributed by atoms with Crippen molar-refractivity contribution < 1.29 is 0 Å². The lowest BCUT2D eigenvalue weighted by Gasteiger charge is -2.25. The van der Waals surface area contributed by atoms with Crippen molar-refractivity contribution >= 4 is 54.1 Å². The van der Waals surface area contributed by atoms with Crippen LogP contribution in [0.1, 0.15) is 67.1 Å². The fourth-order valence-electron chi connectivity index (χ4n) is 8.47. The molecule has 0 amide bonds. The van der Waals surface area contributed by atoms with Gasteiger partial charge in [-0.1, -0.05) is 133 Å². The number of amidine groups is 2. The van der Waals surface area contributed by atoms with Crippen LogP contribution < -0.4 is 5.73 Å². The topological polar surface area (TPSA) is 55.7 Å². The summed E-state index contributed by atoms with van der Waals surface area (Å²) in [5.74, 6) is 1.49. The van der Waals surface area contributed by atoms with E-state index >= 15 is 0 Å². The second-order valence-corrected chi connectivity index (χ2v) is 16.1. The van der Waals surface area contributed by atoms with Crippen molar-refractivity contribution in [2.45, 2.75) is 52.0 Å². The molecule has 9 rings (SSSR count). The van der Waals surface area contributed by atoms with E-state index in [1.54, 1.807) is 0 Å². The molecule has 0 bridgehead atoms. The summed E-state index contributed by atoms with van der Waals surface area (Å²) in [6.07, 6.45) is 8.99. The third kappa shape index (κ3) is 7.04. The van der Waals surface area contributed by atoms with Crippen molar-refractivity contribution in [2.24, 2.45) is 15.7 Å². The van der Waals surface area contributed by atoms with Crippen LogP contribution in [0.2, 0.25) is 0 Å². The van der Waals surface area contributed by atoms with Crippen LogP contribution in [0.3, 0.4) is 0 Å². The summed E-state index contributed by atoms with van der Waals surface area (Å²) in [7, 11) is 0. The molecule has 4 nitrogen and oxygen atoms in total. The fourth-order valence-corrected chi connectivity index (χ4v) is 9.71. The standard InChI is InChI=1S/C52H46N4S/c1-4-5-15-34(2)51(53)55-52(54-35(3)36-16-7-6-8-17-36)40-19-13-18-38(32-40)39-28-31-48-46(33-39)43-20-9-11-24-47(43)56(48)41-29-26-37(27-30-41)42-22-14-23-45-44-21-10-12-25-49(44)57-50(42)45/h4-27,29-30,32,35,39H,28,31,33H2,1-3H3,(H2,53,54,55)/b5-4-,34-15+. The Balaban J connectivity index is 1.05. The van der Waals surface area contributed by atoms with Gasteiger partial charge in [-0.3, -0.25) is 4.99 Å². The van der Waals surface area contributed by atoms with Gasteiger partial charge in [-0.25, -0.2) is 4.99 Å². The molecule has 1 aliphatic carbocycles. The maximum absolute atomic E-state index is 6.59. The third-order valence-electron chi connectivity index (χ3n) is 11.5. The molecule has 0 spiro atoms. The molecular formula is C52H46N4S. The number of allylic oxidation sites excluding steroid dienone is 3. The molecule has 2 heterocycles. The van der Waals surface area contributed by atoms with Crippen LogP contribution >= 0.6 is 11.3 Å². The molecule has 0 saturated carbocycles. The highest BCUT2D eigenvalue weighted by molar-refractivity contribution is 7.26. The number of nitrogens with two attached hydrogens (primary N) is 1. The Hall–Kier alpha value is -6.30. The number of nitrogens with zero attached hydrogens (tertiary/aromatic N) is 3. The average Bonchev–Trinajstić information content (AvgIpc) is 3.81. The van der Waals surface area contributed by atoms with Gasteiger partial charge in [0, 0.05) is 42.5 Å². The highest BCUT2D eigenvalue weighted by Crippen LogP contribution is 2.42. The smallest absolute Gasteiger partial charge is 0.157 e. The predicted molar refractivity (Wildman–Crippen MR) is 244 cm³/mol. The number of fused-ring (bicyclic) bond motifs is 6. The quantitative estimate of drug-likeness (QED) is 0.0936. The van der Waals surface area contributed by atoms with Crippen LogP contribution in [0.4, 0.5) is 0 Å². The van der Waals surface area contributed by atoms with Crippen LogP contribution in [0, 0.1) is 0 Å². The Morgan fingerprint density at radius 3 is 2.37 bits per heavy atom. The Kier molecular flexibility index (Phi) is 10.00. The molecule has 280 valence electrons. The van der Waals surface area contributed by atoms with Crippen molar-refractivity contribution in [1.29, 1.82) is 0 Å². The minimum absolute atomic E-state index is 0.0804. The number of thiophene rings is 1. The second-order valence-electron chi connectivity index (χ2n) is 15.1. The van der Waals surface area contributed by atoms with E-state index in [0.717, 1.165) is 36.0 Å². The SMILES string of the molecule is C/C=C\C=C(/C)C(N)=NC(=NC(C)c1ccccc1)c1cccc(C2CCc3c(c4ccccc4n3-c3ccc(-c4cccc5c4sc4ccccc45)cc3)C2)c1. The Labute approximate surface area is 339 Å². The van der Waals surface area contributed by atoms with Crippen LogP contribution in [0.5, 0.6) is 0 Å². The van der Waals surface area contributed by atoms with Gasteiger partial charge in [0.15, 0.2) is 5.84 Å². The fraction of sp³-hybridized carbons (Fsp3) is 0.154. The van der Waals surface area contributed by atoms with Gasteiger partial charge in [-0.2, -0.15) is 0 Å². The minimum atomic E-state index is -0.0804. The van der Waals surface area contributed by atoms with Gasteiger partial charge < -0.3 is 10.3 Å². The Morgan fingerprint density at radius 2 is 1.54 bits per heavy atom. The summed E-state index contributed by atoms with van der Waals surface area (Å²) in [6.45, 7) is 6.10. The lowest BCUT2D eigenvalue weighted by molar-refractivity contribution is 0.575. The molecule has 2 unspecified atom stereocenters. The lowest BCUT2D eigenvalue weighted by Crippen LogP contribution is -2.17. The summed E-state index contributed by atoms with van der Waals surface area (Å²) in [5, 5.41) is 4.00. The number of aromatic nitrogens is 1. The van der Waals surface area contributed by atoms with E-state index in [9.17, 15) is 0 Å². The number of aliphatic imine (C=N–C) groups is 2. The molecule has 1 aliphatic rings. The average molecular weight is 759 g/mol. The molecule has 0 radical (unpaired) electrons. The summed E-state index contributed by atoms with van der Waals surface area (Å²) >= 11 is 1.89. The van der Waals surface area contributed by atoms with Crippen LogP contribution in [-0.2, 0) is 12.8 Å². The van der Waals surface area contributed by atoms with E-state index in [2.05, 4.69) is 151 Å². The van der Waals surface area contributed by atoms with Crippen molar-refractivity contribution in [3.63, 3.8) is 0 Å². The maximum atomic E-state index is 6.59. The molecule has 2 aromatic heterocycles. The largest absolute Gasteiger partial charge is 0.383 e. The zero-order chi connectivity index (χ0) is 38.9. The van der Waals surface area contributed by atoms with Gasteiger partial charge in [0.05, 0.1) is 11.6 Å². The van der Waals surface area contributed by atoms with E-state index in [0.29, 0.717) is 17.6 Å². The lowest BCUT2D eigenvalue weighted by atomic mass is 9.81. The van der Waals surface area contributed by atoms with E-state index < -0.39 is 0 Å². The number of rotatable bonds is 8. The zero-order valence-electron chi connectivity index (χ0n) is 32.7. The number of para-hydroxylation sites is 1. The van der Waals surface area contributed by atoms with Gasteiger partial charge in [-0.15, -0.1) is 11.3 Å². The maximum Gasteiger partial charge on any atom is 0.157 e. The molecule has 0 aliphatic heterocycles. The normalized spacial score (nSPS) is 15.8. The number of benzene rings is 6. The first kappa shape index (κ1) is 36.3. The molecule has 0 fully saturated rings. The third-order valence-corrected chi connectivity index (χ3v) is 12.7. The van der Waals surface area contributed by atoms with Crippen molar-refractivity contribution in [1.82, 2.24) is 4.57 Å². The monoisotopic (exact) mass is 758 g/mol. The molecule has 2 atom stereocenters. The highest BCUT2D eigenvalue weighted by Gasteiger charge is 2.27. The molecule has 2 N–H and O–H groups in total. The first-order valence-corrected chi connectivity index (χ1v) is 20.8. The van der Waals surface area contributed by atoms with E-state index in [-0.39, 0.29) is 6.04 Å². The van der Waals surface area contributed by atoms with Crippen molar-refractivity contribution in [3.8, 4) is 16.8 Å². The summed E-state index contributed by atoms with van der Waals surface area (Å²) in [4.78, 5) is 10.1. The molecule has 0 saturated heterocycles. The van der Waals surface area contributed by atoms with Crippen molar-refractivity contribution in [3.05, 3.63) is 197 Å². The number of hydrogen-bond donors (Lipinski definition) is 1. The second kappa shape index (κ2) is 15.7. The van der Waals surface area contributed by atoms with Crippen molar-refractivity contribution in [2.75, 3.05) is 0 Å². The van der Waals surface area contributed by atoms with Crippen LogP contribution in [-0.4, -0.2) is 16.2 Å². The van der Waals surface area contributed by atoms with E-state index in [4.69, 9.17) is 15.7 Å². The molecule has 5 heteroatoms. The summed E-state index contributed by atoms with van der Waals surface area (Å²) in [5.41, 5.74) is 18.8. The van der Waals surface area contributed by atoms with Gasteiger partial charge in [0.2, 0.25) is 0 Å². The summed E-state index contributed by atoms with van der Waals surface area (Å²) in [6, 6.07) is 52.7. The summed E-state index contributed by atoms with van der Waals surface area (Å²) < 4.78 is 5.19.